The van der Waals surface area contributed by atoms with Gasteiger partial charge in [0.2, 0.25) is 0 Å². The van der Waals surface area contributed by atoms with Gasteiger partial charge in [0.1, 0.15) is 0 Å². The number of rotatable bonds is 5. The maximum Gasteiger partial charge on any atom is 0.252 e. The maximum atomic E-state index is 13.2. The minimum atomic E-state index is -0.0395. The standard InChI is InChI=1S/C25H22ClN3OS/c1-15-28-23(14-31-15)17-7-5-16(6-8-17)11-12-27-25(30)24-19-3-2-4-21(19)29-22-10-9-18(26)13-20(22)24/h5-10,13-14H,2-4,11-12H2,1H3,(H,27,30). The van der Waals surface area contributed by atoms with Crippen molar-refractivity contribution < 1.29 is 4.79 Å². The Hall–Kier alpha value is -2.76. The molecule has 0 bridgehead atoms. The summed E-state index contributed by atoms with van der Waals surface area (Å²) in [4.78, 5) is 22.5. The van der Waals surface area contributed by atoms with Crippen molar-refractivity contribution in [1.82, 2.24) is 15.3 Å². The first-order valence-corrected chi connectivity index (χ1v) is 11.7. The van der Waals surface area contributed by atoms with Gasteiger partial charge in [0, 0.05) is 33.6 Å². The van der Waals surface area contributed by atoms with E-state index in [-0.39, 0.29) is 5.91 Å². The summed E-state index contributed by atoms with van der Waals surface area (Å²) < 4.78 is 0. The molecule has 0 radical (unpaired) electrons. The molecule has 2 aromatic carbocycles. The molecule has 0 spiro atoms. The Morgan fingerprint density at radius 1 is 1.13 bits per heavy atom. The summed E-state index contributed by atoms with van der Waals surface area (Å²) in [6.07, 6.45) is 3.63. The van der Waals surface area contributed by atoms with Gasteiger partial charge in [-0.05, 0) is 61.9 Å². The van der Waals surface area contributed by atoms with Gasteiger partial charge in [0.25, 0.3) is 5.91 Å². The van der Waals surface area contributed by atoms with Gasteiger partial charge < -0.3 is 5.32 Å². The number of aromatic nitrogens is 2. The lowest BCUT2D eigenvalue weighted by atomic mass is 10.0. The largest absolute Gasteiger partial charge is 0.352 e. The minimum absolute atomic E-state index is 0.0395. The molecule has 1 aliphatic carbocycles. The average molecular weight is 448 g/mol. The monoisotopic (exact) mass is 447 g/mol. The van der Waals surface area contributed by atoms with Gasteiger partial charge in [-0.1, -0.05) is 35.9 Å². The van der Waals surface area contributed by atoms with Crippen molar-refractivity contribution in [1.29, 1.82) is 0 Å². The first-order valence-electron chi connectivity index (χ1n) is 10.5. The number of benzene rings is 2. The van der Waals surface area contributed by atoms with Crippen LogP contribution in [0.3, 0.4) is 0 Å². The predicted octanol–water partition coefficient (Wildman–Crippen LogP) is 5.78. The van der Waals surface area contributed by atoms with Crippen molar-refractivity contribution >= 4 is 39.7 Å². The minimum Gasteiger partial charge on any atom is -0.352 e. The summed E-state index contributed by atoms with van der Waals surface area (Å²) in [5.41, 5.74) is 7.02. The zero-order valence-corrected chi connectivity index (χ0v) is 18.8. The molecule has 4 nitrogen and oxygen atoms in total. The Kier molecular flexibility index (Phi) is 5.47. The number of amides is 1. The summed E-state index contributed by atoms with van der Waals surface area (Å²) >= 11 is 7.88. The number of carbonyl (C=O) groups excluding carboxylic acids is 1. The molecule has 2 aromatic heterocycles. The van der Waals surface area contributed by atoms with E-state index in [1.807, 2.05) is 25.1 Å². The molecule has 6 heteroatoms. The van der Waals surface area contributed by atoms with Crippen LogP contribution in [0, 0.1) is 6.92 Å². The van der Waals surface area contributed by atoms with Crippen molar-refractivity contribution in [2.45, 2.75) is 32.6 Å². The van der Waals surface area contributed by atoms with E-state index in [9.17, 15) is 4.79 Å². The third-order valence-corrected chi connectivity index (χ3v) is 6.78. The van der Waals surface area contributed by atoms with E-state index < -0.39 is 0 Å². The van der Waals surface area contributed by atoms with Crippen molar-refractivity contribution in [3.05, 3.63) is 80.3 Å². The molecule has 4 aromatic rings. The van der Waals surface area contributed by atoms with Crippen LogP contribution in [0.1, 0.15) is 38.6 Å². The van der Waals surface area contributed by atoms with E-state index in [4.69, 9.17) is 16.6 Å². The summed E-state index contributed by atoms with van der Waals surface area (Å²) in [7, 11) is 0. The normalized spacial score (nSPS) is 12.8. The molecule has 1 amide bonds. The summed E-state index contributed by atoms with van der Waals surface area (Å²) in [5.74, 6) is -0.0395. The highest BCUT2D eigenvalue weighted by atomic mass is 35.5. The van der Waals surface area contributed by atoms with Crippen molar-refractivity contribution in [3.8, 4) is 11.3 Å². The summed E-state index contributed by atoms with van der Waals surface area (Å²) in [6.45, 7) is 2.59. The Bertz CT molecular complexity index is 1280. The lowest BCUT2D eigenvalue weighted by molar-refractivity contribution is 0.0955. The number of nitrogens with one attached hydrogen (secondary N) is 1. The van der Waals surface area contributed by atoms with E-state index in [0.717, 1.165) is 69.7 Å². The zero-order valence-electron chi connectivity index (χ0n) is 17.2. The first kappa shape index (κ1) is 20.2. The molecule has 1 aliphatic rings. The molecule has 0 atom stereocenters. The van der Waals surface area contributed by atoms with E-state index in [2.05, 4.69) is 39.9 Å². The second-order valence-electron chi connectivity index (χ2n) is 7.88. The van der Waals surface area contributed by atoms with Gasteiger partial charge in [0.05, 0.1) is 21.8 Å². The van der Waals surface area contributed by atoms with Crippen molar-refractivity contribution in [2.75, 3.05) is 6.54 Å². The second kappa shape index (κ2) is 8.40. The van der Waals surface area contributed by atoms with Gasteiger partial charge in [-0.2, -0.15) is 0 Å². The zero-order chi connectivity index (χ0) is 21.4. The van der Waals surface area contributed by atoms with E-state index in [0.29, 0.717) is 11.6 Å². The lowest BCUT2D eigenvalue weighted by Crippen LogP contribution is -2.27. The highest BCUT2D eigenvalue weighted by Crippen LogP contribution is 2.31. The van der Waals surface area contributed by atoms with Crippen LogP contribution >= 0.6 is 22.9 Å². The molecule has 0 fully saturated rings. The van der Waals surface area contributed by atoms with Crippen LogP contribution in [0.4, 0.5) is 0 Å². The Morgan fingerprint density at radius 3 is 2.74 bits per heavy atom. The van der Waals surface area contributed by atoms with Gasteiger partial charge in [-0.3, -0.25) is 9.78 Å². The molecule has 5 rings (SSSR count). The average Bonchev–Trinajstić information content (AvgIpc) is 3.41. The SMILES string of the molecule is Cc1nc(-c2ccc(CCNC(=O)c3c4c(nc5ccc(Cl)cc35)CCC4)cc2)cs1. The number of nitrogens with zero attached hydrogens (tertiary/aromatic N) is 2. The molecular formula is C25H22ClN3OS. The molecule has 0 saturated heterocycles. The Morgan fingerprint density at radius 2 is 1.97 bits per heavy atom. The topological polar surface area (TPSA) is 54.9 Å². The van der Waals surface area contributed by atoms with Crippen LogP contribution in [-0.4, -0.2) is 22.4 Å². The maximum absolute atomic E-state index is 13.2. The highest BCUT2D eigenvalue weighted by molar-refractivity contribution is 7.09. The fourth-order valence-corrected chi connectivity index (χ4v) is 5.03. The quantitative estimate of drug-likeness (QED) is 0.421. The number of halogens is 1. The molecule has 31 heavy (non-hydrogen) atoms. The summed E-state index contributed by atoms with van der Waals surface area (Å²) in [5, 5.41) is 7.73. The molecule has 0 aliphatic heterocycles. The molecule has 0 unspecified atom stereocenters. The van der Waals surface area contributed by atoms with Crippen LogP contribution in [-0.2, 0) is 19.3 Å². The van der Waals surface area contributed by atoms with Crippen molar-refractivity contribution in [3.63, 3.8) is 0 Å². The molecular weight excluding hydrogens is 426 g/mol. The Labute approximate surface area is 190 Å². The van der Waals surface area contributed by atoms with Crippen LogP contribution in [0.15, 0.2) is 47.8 Å². The molecule has 2 heterocycles. The van der Waals surface area contributed by atoms with E-state index in [1.165, 1.54) is 5.56 Å². The second-order valence-corrected chi connectivity index (χ2v) is 9.38. The fourth-order valence-electron chi connectivity index (χ4n) is 4.24. The van der Waals surface area contributed by atoms with Gasteiger partial charge in [-0.25, -0.2) is 4.98 Å². The van der Waals surface area contributed by atoms with Gasteiger partial charge >= 0.3 is 0 Å². The lowest BCUT2D eigenvalue weighted by Gasteiger charge is -2.13. The number of pyridine rings is 1. The number of hydrogen-bond donors (Lipinski definition) is 1. The Balaban J connectivity index is 1.31. The number of aryl methyl sites for hydroxylation is 2. The third-order valence-electron chi connectivity index (χ3n) is 5.77. The predicted molar refractivity (Wildman–Crippen MR) is 127 cm³/mol. The number of hydrogen-bond acceptors (Lipinski definition) is 4. The molecule has 0 saturated carbocycles. The number of thiazole rings is 1. The first-order chi connectivity index (χ1) is 15.1. The van der Waals surface area contributed by atoms with Crippen LogP contribution in [0.5, 0.6) is 0 Å². The van der Waals surface area contributed by atoms with Crippen LogP contribution in [0.25, 0.3) is 22.2 Å². The highest BCUT2D eigenvalue weighted by Gasteiger charge is 2.23. The van der Waals surface area contributed by atoms with Crippen molar-refractivity contribution in [2.24, 2.45) is 0 Å². The van der Waals surface area contributed by atoms with Gasteiger partial charge in [0.15, 0.2) is 0 Å². The van der Waals surface area contributed by atoms with E-state index >= 15 is 0 Å². The number of fused-ring (bicyclic) bond motifs is 2. The number of carbonyl (C=O) groups is 1. The van der Waals surface area contributed by atoms with Crippen LogP contribution < -0.4 is 5.32 Å². The smallest absolute Gasteiger partial charge is 0.252 e. The molecule has 1 N–H and O–H groups in total. The van der Waals surface area contributed by atoms with Crippen LogP contribution in [0.2, 0.25) is 5.02 Å². The molecule has 156 valence electrons. The summed E-state index contributed by atoms with van der Waals surface area (Å²) in [6, 6.07) is 14.0. The third kappa shape index (κ3) is 4.08. The van der Waals surface area contributed by atoms with Gasteiger partial charge in [-0.15, -0.1) is 11.3 Å². The fraction of sp³-hybridized carbons (Fsp3) is 0.240. The van der Waals surface area contributed by atoms with E-state index in [1.54, 1.807) is 11.3 Å².